The van der Waals surface area contributed by atoms with Gasteiger partial charge in [0.2, 0.25) is 0 Å². The van der Waals surface area contributed by atoms with Gasteiger partial charge in [-0.1, -0.05) is 28.6 Å². The van der Waals surface area contributed by atoms with Crippen LogP contribution in [-0.4, -0.2) is 9.55 Å². The fraction of sp³-hybridized carbons (Fsp3) is 0.133. The molecule has 2 nitrogen and oxygen atoms in total. The molecule has 104 valence electrons. The van der Waals surface area contributed by atoms with E-state index in [4.69, 9.17) is 0 Å². The molecular formula is C15H14Br2N2S. The largest absolute Gasteiger partial charge is 0.298 e. The van der Waals surface area contributed by atoms with Crippen LogP contribution < -0.4 is 0 Å². The second kappa shape index (κ2) is 7.29. The predicted octanol–water partition coefficient (Wildman–Crippen LogP) is 5.67. The number of benzene rings is 1. The average molecular weight is 414 g/mol. The first-order valence-electron chi connectivity index (χ1n) is 6.02. The Morgan fingerprint density at radius 3 is 2.65 bits per heavy atom. The molecule has 0 amide bonds. The van der Waals surface area contributed by atoms with Gasteiger partial charge in [-0.3, -0.25) is 4.57 Å². The molecule has 2 rings (SSSR count). The molecular weight excluding hydrogens is 400 g/mol. The van der Waals surface area contributed by atoms with Crippen molar-refractivity contribution in [2.75, 3.05) is 0 Å². The molecule has 1 aromatic carbocycles. The molecule has 0 saturated carbocycles. The molecule has 1 heterocycles. The van der Waals surface area contributed by atoms with Gasteiger partial charge in [-0.2, -0.15) is 0 Å². The van der Waals surface area contributed by atoms with Crippen LogP contribution in [0.5, 0.6) is 0 Å². The van der Waals surface area contributed by atoms with Gasteiger partial charge in [-0.15, -0.1) is 11.8 Å². The first-order valence-corrected chi connectivity index (χ1v) is 8.59. The number of hydrogen-bond donors (Lipinski definition) is 0. The van der Waals surface area contributed by atoms with E-state index in [2.05, 4.69) is 55.6 Å². The van der Waals surface area contributed by atoms with Gasteiger partial charge in [0.1, 0.15) is 10.4 Å². The summed E-state index contributed by atoms with van der Waals surface area (Å²) in [7, 11) is 0. The maximum absolute atomic E-state index is 4.60. The molecule has 2 aromatic rings. The zero-order valence-electron chi connectivity index (χ0n) is 11.0. The Kier molecular flexibility index (Phi) is 5.69. The van der Waals surface area contributed by atoms with Crippen molar-refractivity contribution in [2.45, 2.75) is 17.6 Å². The van der Waals surface area contributed by atoms with Crippen LogP contribution in [-0.2, 0) is 5.75 Å². The van der Waals surface area contributed by atoms with E-state index in [0.717, 1.165) is 26.3 Å². The Hall–Kier alpha value is -0.780. The molecule has 0 N–H and O–H groups in total. The van der Waals surface area contributed by atoms with Crippen LogP contribution in [0.1, 0.15) is 11.5 Å². The summed E-state index contributed by atoms with van der Waals surface area (Å²) in [5.41, 5.74) is 1.05. The van der Waals surface area contributed by atoms with Gasteiger partial charge >= 0.3 is 0 Å². The van der Waals surface area contributed by atoms with Crippen molar-refractivity contribution in [3.63, 3.8) is 0 Å². The summed E-state index contributed by atoms with van der Waals surface area (Å²) in [5, 5.41) is 0. The molecule has 20 heavy (non-hydrogen) atoms. The number of rotatable bonds is 5. The zero-order valence-corrected chi connectivity index (χ0v) is 15.0. The number of allylic oxidation sites excluding steroid dienone is 2. The molecule has 1 aromatic heterocycles. The summed E-state index contributed by atoms with van der Waals surface area (Å²) < 4.78 is 4.11. The quantitative estimate of drug-likeness (QED) is 0.464. The standard InChI is InChI=1S/C15H14Br2N2S/c1-3-4-9-19-11(2)18-14(15(19)17)10-20-13-7-5-12(16)6-8-13/h3-9H,1,10H2,2H3/b9-4-. The third kappa shape index (κ3) is 3.87. The van der Waals surface area contributed by atoms with E-state index in [-0.39, 0.29) is 0 Å². The zero-order chi connectivity index (χ0) is 14.5. The molecule has 0 saturated heterocycles. The molecule has 0 bridgehead atoms. The van der Waals surface area contributed by atoms with Gasteiger partial charge in [0.15, 0.2) is 0 Å². The van der Waals surface area contributed by atoms with Gasteiger partial charge in [-0.25, -0.2) is 4.98 Å². The minimum atomic E-state index is 0.831. The van der Waals surface area contributed by atoms with E-state index in [0.29, 0.717) is 0 Å². The highest BCUT2D eigenvalue weighted by Crippen LogP contribution is 2.28. The van der Waals surface area contributed by atoms with Crippen molar-refractivity contribution in [3.8, 4) is 0 Å². The highest BCUT2D eigenvalue weighted by atomic mass is 79.9. The van der Waals surface area contributed by atoms with Crippen LogP contribution in [0.2, 0.25) is 0 Å². The Labute approximate surface area is 140 Å². The minimum Gasteiger partial charge on any atom is -0.298 e. The van der Waals surface area contributed by atoms with Crippen LogP contribution >= 0.6 is 43.6 Å². The number of aromatic nitrogens is 2. The number of halogens is 2. The lowest BCUT2D eigenvalue weighted by Gasteiger charge is -2.01. The first kappa shape index (κ1) is 15.6. The van der Waals surface area contributed by atoms with Gasteiger partial charge in [0.05, 0.1) is 5.69 Å². The van der Waals surface area contributed by atoms with Crippen LogP contribution in [0.3, 0.4) is 0 Å². The number of nitrogens with zero attached hydrogens (tertiary/aromatic N) is 2. The second-order valence-electron chi connectivity index (χ2n) is 4.09. The Balaban J connectivity index is 2.12. The smallest absolute Gasteiger partial charge is 0.113 e. The fourth-order valence-corrected chi connectivity index (χ4v) is 3.56. The maximum atomic E-state index is 4.60. The highest BCUT2D eigenvalue weighted by molar-refractivity contribution is 9.10. The fourth-order valence-electron chi connectivity index (χ4n) is 1.67. The summed E-state index contributed by atoms with van der Waals surface area (Å²) in [6.07, 6.45) is 5.60. The molecule has 5 heteroatoms. The Bertz CT molecular complexity index is 630. The maximum Gasteiger partial charge on any atom is 0.113 e. The summed E-state index contributed by atoms with van der Waals surface area (Å²) >= 11 is 8.82. The summed E-state index contributed by atoms with van der Waals surface area (Å²) in [5.74, 6) is 1.79. The van der Waals surface area contributed by atoms with Gasteiger partial charge in [0, 0.05) is 21.3 Å². The lowest BCUT2D eigenvalue weighted by molar-refractivity contribution is 1.01. The molecule has 0 aliphatic heterocycles. The van der Waals surface area contributed by atoms with E-state index < -0.39 is 0 Å². The van der Waals surface area contributed by atoms with Crippen molar-refractivity contribution in [2.24, 2.45) is 0 Å². The topological polar surface area (TPSA) is 17.8 Å². The number of aryl methyl sites for hydroxylation is 1. The predicted molar refractivity (Wildman–Crippen MR) is 93.9 cm³/mol. The Morgan fingerprint density at radius 2 is 2.00 bits per heavy atom. The van der Waals surface area contributed by atoms with Crippen molar-refractivity contribution >= 4 is 49.8 Å². The number of hydrogen-bond acceptors (Lipinski definition) is 2. The average Bonchev–Trinajstić information content (AvgIpc) is 2.71. The van der Waals surface area contributed by atoms with Gasteiger partial charge in [-0.05, 0) is 53.2 Å². The first-order chi connectivity index (χ1) is 9.61. The highest BCUT2D eigenvalue weighted by Gasteiger charge is 2.10. The van der Waals surface area contributed by atoms with E-state index in [1.54, 1.807) is 17.8 Å². The molecule has 0 fully saturated rings. The van der Waals surface area contributed by atoms with E-state index in [1.165, 1.54) is 4.90 Å². The van der Waals surface area contributed by atoms with E-state index in [9.17, 15) is 0 Å². The molecule has 0 unspecified atom stereocenters. The van der Waals surface area contributed by atoms with Crippen LogP contribution in [0.25, 0.3) is 6.20 Å². The molecule has 0 radical (unpaired) electrons. The summed E-state index contributed by atoms with van der Waals surface area (Å²) in [6.45, 7) is 5.67. The third-order valence-electron chi connectivity index (χ3n) is 2.66. The van der Waals surface area contributed by atoms with Crippen LogP contribution in [0.15, 0.2) is 57.0 Å². The minimum absolute atomic E-state index is 0.831. The molecule has 0 spiro atoms. The summed E-state index contributed by atoms with van der Waals surface area (Å²) in [6, 6.07) is 8.30. The van der Waals surface area contributed by atoms with Crippen LogP contribution in [0.4, 0.5) is 0 Å². The summed E-state index contributed by atoms with van der Waals surface area (Å²) in [4.78, 5) is 5.83. The number of thioether (sulfide) groups is 1. The third-order valence-corrected chi connectivity index (χ3v) is 5.05. The van der Waals surface area contributed by atoms with Crippen molar-refractivity contribution < 1.29 is 0 Å². The van der Waals surface area contributed by atoms with Gasteiger partial charge < -0.3 is 0 Å². The molecule has 0 aliphatic rings. The SMILES string of the molecule is C=C/C=C\n1c(C)nc(CSc2ccc(Br)cc2)c1Br. The van der Waals surface area contributed by atoms with Crippen LogP contribution in [0, 0.1) is 6.92 Å². The van der Waals surface area contributed by atoms with E-state index >= 15 is 0 Å². The molecule has 0 aliphatic carbocycles. The normalized spacial score (nSPS) is 11.2. The monoisotopic (exact) mass is 412 g/mol. The second-order valence-corrected chi connectivity index (χ2v) is 6.80. The lowest BCUT2D eigenvalue weighted by Crippen LogP contribution is -1.89. The van der Waals surface area contributed by atoms with Crippen molar-refractivity contribution in [3.05, 3.63) is 63.6 Å². The lowest BCUT2D eigenvalue weighted by atomic mass is 10.4. The molecule has 0 atom stereocenters. The van der Waals surface area contributed by atoms with E-state index in [1.807, 2.05) is 35.9 Å². The van der Waals surface area contributed by atoms with Crippen molar-refractivity contribution in [1.29, 1.82) is 0 Å². The van der Waals surface area contributed by atoms with Crippen molar-refractivity contribution in [1.82, 2.24) is 9.55 Å². The Morgan fingerprint density at radius 1 is 1.30 bits per heavy atom. The number of imidazole rings is 1. The van der Waals surface area contributed by atoms with Gasteiger partial charge in [0.25, 0.3) is 0 Å².